The van der Waals surface area contributed by atoms with E-state index in [0.29, 0.717) is 27.0 Å². The van der Waals surface area contributed by atoms with Gasteiger partial charge in [-0.25, -0.2) is 0 Å². The number of nitrogens with zero attached hydrogens (tertiary/aromatic N) is 1. The molecule has 130 valence electrons. The molecule has 3 rings (SSSR count). The molecule has 3 aromatic carbocycles. The van der Waals surface area contributed by atoms with Gasteiger partial charge in [0.1, 0.15) is 5.69 Å². The first-order valence-electron chi connectivity index (χ1n) is 7.54. The van der Waals surface area contributed by atoms with Crippen molar-refractivity contribution in [2.75, 3.05) is 5.32 Å². The molecule has 2 amide bonds. The minimum Gasteiger partial charge on any atom is -0.505 e. The molecule has 0 saturated heterocycles. The van der Waals surface area contributed by atoms with Gasteiger partial charge in [-0.15, -0.1) is 0 Å². The summed E-state index contributed by atoms with van der Waals surface area (Å²) in [6, 6.07) is 12.6. The Morgan fingerprint density at radius 3 is 2.42 bits per heavy atom. The number of primary amides is 1. The highest BCUT2D eigenvalue weighted by atomic mass is 35.5. The van der Waals surface area contributed by atoms with Crippen molar-refractivity contribution in [3.63, 3.8) is 0 Å². The van der Waals surface area contributed by atoms with Crippen LogP contribution in [0.25, 0.3) is 10.8 Å². The molecule has 0 aromatic heterocycles. The first-order chi connectivity index (χ1) is 12.4. The van der Waals surface area contributed by atoms with E-state index in [1.807, 2.05) is 0 Å². The fourth-order valence-corrected chi connectivity index (χ4v) is 2.78. The fraction of sp³-hybridized carbons (Fsp3) is 0. The molecule has 3 aromatic rings. The Morgan fingerprint density at radius 1 is 1.12 bits per heavy atom. The van der Waals surface area contributed by atoms with E-state index >= 15 is 0 Å². The van der Waals surface area contributed by atoms with Crippen LogP contribution in [-0.4, -0.2) is 23.6 Å². The highest BCUT2D eigenvalue weighted by molar-refractivity contribution is 6.31. The van der Waals surface area contributed by atoms with Crippen LogP contribution in [-0.2, 0) is 0 Å². The van der Waals surface area contributed by atoms with E-state index in [2.05, 4.69) is 17.0 Å². The first kappa shape index (κ1) is 17.4. The van der Waals surface area contributed by atoms with Crippen LogP contribution in [0, 0.1) is 0 Å². The number of amides is 2. The zero-order valence-electron chi connectivity index (χ0n) is 13.5. The summed E-state index contributed by atoms with van der Waals surface area (Å²) < 4.78 is 0. The van der Waals surface area contributed by atoms with Crippen molar-refractivity contribution in [2.24, 2.45) is 10.7 Å². The van der Waals surface area contributed by atoms with E-state index < -0.39 is 11.8 Å². The molecule has 0 fully saturated rings. The Bertz CT molecular complexity index is 1050. The predicted octanol–water partition coefficient (Wildman–Crippen LogP) is 3.88. The van der Waals surface area contributed by atoms with E-state index in [9.17, 15) is 14.7 Å². The number of aromatic hydroxyl groups is 1. The van der Waals surface area contributed by atoms with Crippen LogP contribution in [0.3, 0.4) is 0 Å². The van der Waals surface area contributed by atoms with Gasteiger partial charge in [0, 0.05) is 21.7 Å². The average molecular weight is 368 g/mol. The Balaban J connectivity index is 2.01. The van der Waals surface area contributed by atoms with E-state index in [1.165, 1.54) is 18.2 Å². The largest absolute Gasteiger partial charge is 0.505 e. The van der Waals surface area contributed by atoms with Crippen LogP contribution in [0.5, 0.6) is 5.75 Å². The molecule has 0 unspecified atom stereocenters. The number of phenolic OH excluding ortho intramolecular Hbond substituents is 1. The number of nitrogens with one attached hydrogen (secondary N) is 1. The van der Waals surface area contributed by atoms with Gasteiger partial charge in [0.05, 0.1) is 5.56 Å². The summed E-state index contributed by atoms with van der Waals surface area (Å²) in [4.78, 5) is 27.5. The minimum atomic E-state index is -0.561. The summed E-state index contributed by atoms with van der Waals surface area (Å²) >= 11 is 6.01. The third-order valence-electron chi connectivity index (χ3n) is 3.88. The maximum atomic E-state index is 12.6. The van der Waals surface area contributed by atoms with Crippen LogP contribution in [0.4, 0.5) is 11.4 Å². The van der Waals surface area contributed by atoms with Gasteiger partial charge in [0.2, 0.25) is 5.91 Å². The van der Waals surface area contributed by atoms with Gasteiger partial charge in [-0.2, -0.15) is 0 Å². The van der Waals surface area contributed by atoms with Gasteiger partial charge in [0.15, 0.2) is 5.75 Å². The predicted molar refractivity (Wildman–Crippen MR) is 103 cm³/mol. The number of hydrogen-bond donors (Lipinski definition) is 3. The topological polar surface area (TPSA) is 105 Å². The number of rotatable bonds is 4. The number of hydrogen-bond acceptors (Lipinski definition) is 4. The Labute approximate surface area is 153 Å². The number of halogens is 1. The van der Waals surface area contributed by atoms with Crippen molar-refractivity contribution in [3.05, 3.63) is 64.7 Å². The molecule has 0 aliphatic heterocycles. The molecule has 0 aliphatic rings. The molecular formula is C19H14ClN3O3. The molecule has 0 aliphatic carbocycles. The van der Waals surface area contributed by atoms with Crippen molar-refractivity contribution >= 4 is 52.3 Å². The van der Waals surface area contributed by atoms with Crippen LogP contribution in [0.1, 0.15) is 20.7 Å². The maximum absolute atomic E-state index is 12.6. The van der Waals surface area contributed by atoms with Crippen molar-refractivity contribution < 1.29 is 14.7 Å². The van der Waals surface area contributed by atoms with Gasteiger partial charge < -0.3 is 16.2 Å². The third-order valence-corrected chi connectivity index (χ3v) is 4.11. The Morgan fingerprint density at radius 2 is 1.81 bits per heavy atom. The molecule has 0 atom stereocenters. The molecule has 0 spiro atoms. The van der Waals surface area contributed by atoms with Crippen LogP contribution in [0.15, 0.2) is 53.5 Å². The summed E-state index contributed by atoms with van der Waals surface area (Å²) in [5.74, 6) is -1.38. The Kier molecular flexibility index (Phi) is 4.60. The lowest BCUT2D eigenvalue weighted by Crippen LogP contribution is -2.13. The summed E-state index contributed by atoms with van der Waals surface area (Å²) in [6.07, 6.45) is 0. The molecule has 6 nitrogen and oxygen atoms in total. The van der Waals surface area contributed by atoms with Crippen LogP contribution < -0.4 is 11.1 Å². The number of nitrogens with two attached hydrogens (primary N) is 1. The van der Waals surface area contributed by atoms with E-state index in [4.69, 9.17) is 17.3 Å². The van der Waals surface area contributed by atoms with Gasteiger partial charge in [-0.3, -0.25) is 14.6 Å². The number of aliphatic imine (C=N–C) groups is 1. The monoisotopic (exact) mass is 367 g/mol. The standard InChI is InChI=1S/C19H14ClN3O3/c1-22-16-14-7-4-12(20)8-11(14)9-15(17(16)24)19(26)23-13-5-2-10(3-6-13)18(21)25/h2-9,24H,1H2,(H2,21,25)(H,23,26). The highest BCUT2D eigenvalue weighted by Crippen LogP contribution is 2.39. The normalized spacial score (nSPS) is 10.5. The Hall–Kier alpha value is -3.38. The van der Waals surface area contributed by atoms with Crippen molar-refractivity contribution in [2.45, 2.75) is 0 Å². The quantitative estimate of drug-likeness (QED) is 0.609. The van der Waals surface area contributed by atoms with E-state index in [0.717, 1.165) is 0 Å². The summed E-state index contributed by atoms with van der Waals surface area (Å²) in [6.45, 7) is 3.46. The second-order valence-electron chi connectivity index (χ2n) is 5.54. The second-order valence-corrected chi connectivity index (χ2v) is 5.98. The smallest absolute Gasteiger partial charge is 0.259 e. The minimum absolute atomic E-state index is 0.0288. The number of anilines is 1. The summed E-state index contributed by atoms with van der Waals surface area (Å²) in [7, 11) is 0. The first-order valence-corrected chi connectivity index (χ1v) is 7.91. The lowest BCUT2D eigenvalue weighted by molar-refractivity contribution is 0.0998. The van der Waals surface area contributed by atoms with Gasteiger partial charge >= 0.3 is 0 Å². The lowest BCUT2D eigenvalue weighted by Gasteiger charge is -2.12. The molecule has 0 bridgehead atoms. The van der Waals surface area contributed by atoms with Crippen molar-refractivity contribution in [3.8, 4) is 5.75 Å². The fourth-order valence-electron chi connectivity index (χ4n) is 2.60. The van der Waals surface area contributed by atoms with Gasteiger partial charge in [-0.1, -0.05) is 17.7 Å². The van der Waals surface area contributed by atoms with Crippen LogP contribution >= 0.6 is 11.6 Å². The van der Waals surface area contributed by atoms with E-state index in [-0.39, 0.29) is 17.0 Å². The maximum Gasteiger partial charge on any atom is 0.259 e. The molecule has 0 heterocycles. The number of benzene rings is 3. The zero-order valence-corrected chi connectivity index (χ0v) is 14.2. The highest BCUT2D eigenvalue weighted by Gasteiger charge is 2.18. The number of carbonyl (C=O) groups is 2. The molecule has 4 N–H and O–H groups in total. The summed E-state index contributed by atoms with van der Waals surface area (Å²) in [5.41, 5.74) is 6.18. The van der Waals surface area contributed by atoms with Gasteiger partial charge in [-0.05, 0) is 54.6 Å². The van der Waals surface area contributed by atoms with E-state index in [1.54, 1.807) is 30.3 Å². The van der Waals surface area contributed by atoms with Crippen molar-refractivity contribution in [1.82, 2.24) is 0 Å². The zero-order chi connectivity index (χ0) is 18.8. The van der Waals surface area contributed by atoms with Crippen molar-refractivity contribution in [1.29, 1.82) is 0 Å². The summed E-state index contributed by atoms with van der Waals surface area (Å²) in [5, 5.41) is 14.8. The molecule has 0 radical (unpaired) electrons. The number of phenols is 1. The lowest BCUT2D eigenvalue weighted by atomic mass is 10.0. The number of fused-ring (bicyclic) bond motifs is 1. The molecular weight excluding hydrogens is 354 g/mol. The van der Waals surface area contributed by atoms with Crippen LogP contribution in [0.2, 0.25) is 5.02 Å². The third kappa shape index (κ3) is 3.22. The SMILES string of the molecule is C=Nc1c(O)c(C(=O)Nc2ccc(C(N)=O)cc2)cc2cc(Cl)ccc12. The second kappa shape index (κ2) is 6.85. The molecule has 7 heteroatoms. The number of carbonyl (C=O) groups excluding carboxylic acids is 2. The molecule has 0 saturated carbocycles. The average Bonchev–Trinajstić information content (AvgIpc) is 2.61. The van der Waals surface area contributed by atoms with Gasteiger partial charge in [0.25, 0.3) is 5.91 Å². The molecule has 26 heavy (non-hydrogen) atoms.